The highest BCUT2D eigenvalue weighted by atomic mass is 32.1. The van der Waals surface area contributed by atoms with Crippen LogP contribution in [-0.4, -0.2) is 43.6 Å². The van der Waals surface area contributed by atoms with Crippen LogP contribution >= 0.6 is 12.2 Å². The molecule has 120 valence electrons. The minimum absolute atomic E-state index is 0.00429. The lowest BCUT2D eigenvalue weighted by Gasteiger charge is -2.24. The summed E-state index contributed by atoms with van der Waals surface area (Å²) in [4.78, 5) is 14.1. The van der Waals surface area contributed by atoms with Crippen LogP contribution in [0.2, 0.25) is 0 Å². The predicted molar refractivity (Wildman–Crippen MR) is 89.2 cm³/mol. The van der Waals surface area contributed by atoms with E-state index in [-0.39, 0.29) is 11.4 Å². The Kier molecular flexibility index (Phi) is 4.97. The van der Waals surface area contributed by atoms with Gasteiger partial charge in [0.2, 0.25) is 10.7 Å². The van der Waals surface area contributed by atoms with Gasteiger partial charge in [0.1, 0.15) is 0 Å². The summed E-state index contributed by atoms with van der Waals surface area (Å²) in [5, 5.41) is 7.45. The number of amides is 1. The minimum Gasteiger partial charge on any atom is -0.350 e. The number of aromatic nitrogens is 3. The first-order valence-corrected chi connectivity index (χ1v) is 7.78. The Labute approximate surface area is 135 Å². The van der Waals surface area contributed by atoms with Gasteiger partial charge in [-0.25, -0.2) is 4.68 Å². The van der Waals surface area contributed by atoms with E-state index in [1.54, 1.807) is 4.68 Å². The molecule has 22 heavy (non-hydrogen) atoms. The second-order valence-electron chi connectivity index (χ2n) is 6.30. The fraction of sp³-hybridized carbons (Fsp3) is 0.533. The smallest absolute Gasteiger partial charge is 0.234 e. The third-order valence-electron chi connectivity index (χ3n) is 3.15. The van der Waals surface area contributed by atoms with E-state index >= 15 is 0 Å². The fourth-order valence-electron chi connectivity index (χ4n) is 2.17. The van der Waals surface area contributed by atoms with E-state index < -0.39 is 0 Å². The Balaban J connectivity index is 2.10. The number of carbonyl (C=O) groups excluding carboxylic acids is 1. The van der Waals surface area contributed by atoms with Gasteiger partial charge in [-0.05, 0) is 51.7 Å². The number of rotatable bonds is 5. The number of carbonyl (C=O) groups is 1. The Morgan fingerprint density at radius 3 is 2.73 bits per heavy atom. The molecule has 0 saturated carbocycles. The van der Waals surface area contributed by atoms with Crippen LogP contribution in [0.25, 0.3) is 5.65 Å². The number of hydrogen-bond acceptors (Lipinski definition) is 4. The Bertz CT molecular complexity index is 713. The van der Waals surface area contributed by atoms with Gasteiger partial charge in [-0.15, -0.1) is 0 Å². The zero-order valence-corrected chi connectivity index (χ0v) is 14.4. The number of hydrogen-bond donors (Lipinski definition) is 1. The molecule has 0 fully saturated rings. The molecule has 2 aromatic rings. The van der Waals surface area contributed by atoms with Crippen LogP contribution in [0.5, 0.6) is 0 Å². The van der Waals surface area contributed by atoms with E-state index in [9.17, 15) is 4.79 Å². The lowest BCUT2D eigenvalue weighted by molar-refractivity contribution is -0.124. The van der Waals surface area contributed by atoms with E-state index in [1.807, 2.05) is 61.4 Å². The van der Waals surface area contributed by atoms with Gasteiger partial charge < -0.3 is 5.32 Å². The molecule has 0 saturated heterocycles. The third kappa shape index (κ3) is 4.14. The number of likely N-dealkylation sites (N-methyl/N-ethyl adjacent to an activating group) is 1. The maximum atomic E-state index is 12.1. The molecular formula is C15H23N5OS. The topological polar surface area (TPSA) is 54.6 Å². The monoisotopic (exact) mass is 321 g/mol. The first-order valence-electron chi connectivity index (χ1n) is 7.38. The van der Waals surface area contributed by atoms with E-state index in [2.05, 4.69) is 10.4 Å². The largest absolute Gasteiger partial charge is 0.350 e. The average Bonchev–Trinajstić information content (AvgIpc) is 2.73. The van der Waals surface area contributed by atoms with Crippen molar-refractivity contribution in [2.45, 2.75) is 39.9 Å². The molecule has 2 rings (SSSR count). The van der Waals surface area contributed by atoms with Gasteiger partial charge in [0, 0.05) is 11.7 Å². The molecule has 0 aliphatic heterocycles. The number of nitrogens with one attached hydrogen (secondary N) is 1. The second-order valence-corrected chi connectivity index (χ2v) is 6.66. The van der Waals surface area contributed by atoms with E-state index in [0.717, 1.165) is 12.2 Å². The summed E-state index contributed by atoms with van der Waals surface area (Å²) in [7, 11) is 0. The van der Waals surface area contributed by atoms with Crippen molar-refractivity contribution in [3.05, 3.63) is 29.2 Å². The first-order chi connectivity index (χ1) is 10.3. The molecule has 0 unspecified atom stereocenters. The molecule has 0 aliphatic carbocycles. The normalized spacial score (nSPS) is 12.0. The summed E-state index contributed by atoms with van der Waals surface area (Å²) in [5.74, 6) is 0.00429. The molecule has 2 heterocycles. The van der Waals surface area contributed by atoms with Gasteiger partial charge in [-0.3, -0.25) is 14.1 Å². The molecule has 2 aromatic heterocycles. The van der Waals surface area contributed by atoms with Gasteiger partial charge in [0.05, 0.1) is 13.2 Å². The summed E-state index contributed by atoms with van der Waals surface area (Å²) in [6.45, 7) is 9.49. The average molecular weight is 321 g/mol. The maximum Gasteiger partial charge on any atom is 0.234 e. The molecule has 6 nitrogen and oxygen atoms in total. The maximum absolute atomic E-state index is 12.1. The molecule has 1 amide bonds. The predicted octanol–water partition coefficient (Wildman–Crippen LogP) is 2.06. The molecule has 0 atom stereocenters. The van der Waals surface area contributed by atoms with Crippen LogP contribution < -0.4 is 5.32 Å². The van der Waals surface area contributed by atoms with Gasteiger partial charge in [-0.2, -0.15) is 5.10 Å². The Morgan fingerprint density at radius 1 is 1.41 bits per heavy atom. The van der Waals surface area contributed by atoms with Crippen molar-refractivity contribution in [2.75, 3.05) is 13.1 Å². The summed E-state index contributed by atoms with van der Waals surface area (Å²) >= 11 is 5.43. The zero-order valence-electron chi connectivity index (χ0n) is 13.5. The van der Waals surface area contributed by atoms with E-state index in [1.165, 1.54) is 0 Å². The number of pyridine rings is 1. The van der Waals surface area contributed by atoms with Crippen LogP contribution in [0.15, 0.2) is 24.4 Å². The van der Waals surface area contributed by atoms with Crippen LogP contribution in [-0.2, 0) is 11.5 Å². The summed E-state index contributed by atoms with van der Waals surface area (Å²) < 4.78 is 4.24. The third-order valence-corrected chi connectivity index (χ3v) is 3.56. The zero-order chi connectivity index (χ0) is 16.3. The second kappa shape index (κ2) is 6.58. The molecule has 0 spiro atoms. The van der Waals surface area contributed by atoms with Gasteiger partial charge in [0.15, 0.2) is 5.65 Å². The van der Waals surface area contributed by atoms with Gasteiger partial charge in [0.25, 0.3) is 0 Å². The van der Waals surface area contributed by atoms with E-state index in [4.69, 9.17) is 12.2 Å². The Hall–Kier alpha value is -1.73. The molecular weight excluding hydrogens is 298 g/mol. The molecule has 0 aromatic carbocycles. The fourth-order valence-corrected chi connectivity index (χ4v) is 2.43. The highest BCUT2D eigenvalue weighted by molar-refractivity contribution is 7.71. The summed E-state index contributed by atoms with van der Waals surface area (Å²) in [5.41, 5.74) is 0.582. The highest BCUT2D eigenvalue weighted by Crippen LogP contribution is 2.04. The summed E-state index contributed by atoms with van der Waals surface area (Å²) in [6, 6.07) is 5.76. The lowest BCUT2D eigenvalue weighted by atomic mass is 10.1. The van der Waals surface area contributed by atoms with Gasteiger partial charge >= 0.3 is 0 Å². The van der Waals surface area contributed by atoms with Crippen molar-refractivity contribution < 1.29 is 4.79 Å². The van der Waals surface area contributed by atoms with Crippen molar-refractivity contribution in [2.24, 2.45) is 0 Å². The standard InChI is InChI=1S/C15H23N5OS/c1-5-18(10-13(21)16-15(2,3)4)11-20-14(22)19-9-7-6-8-12(19)17-20/h6-9H,5,10-11H2,1-4H3,(H,16,21). The highest BCUT2D eigenvalue weighted by Gasteiger charge is 2.17. The molecule has 7 heteroatoms. The first kappa shape index (κ1) is 16.6. The number of nitrogens with zero attached hydrogens (tertiary/aromatic N) is 4. The van der Waals surface area contributed by atoms with Crippen molar-refractivity contribution in [3.63, 3.8) is 0 Å². The van der Waals surface area contributed by atoms with Crippen LogP contribution in [0.1, 0.15) is 27.7 Å². The minimum atomic E-state index is -0.226. The number of fused-ring (bicyclic) bond motifs is 1. The lowest BCUT2D eigenvalue weighted by Crippen LogP contribution is -2.46. The van der Waals surface area contributed by atoms with E-state index in [0.29, 0.717) is 18.0 Å². The van der Waals surface area contributed by atoms with Crippen LogP contribution in [0, 0.1) is 4.77 Å². The van der Waals surface area contributed by atoms with Gasteiger partial charge in [-0.1, -0.05) is 13.0 Å². The van der Waals surface area contributed by atoms with Crippen molar-refractivity contribution in [1.82, 2.24) is 24.4 Å². The quantitative estimate of drug-likeness (QED) is 0.857. The molecule has 1 N–H and O–H groups in total. The SMILES string of the molecule is CCN(CC(=O)NC(C)(C)C)Cn1nc2ccccn2c1=S. The molecule has 0 radical (unpaired) electrons. The van der Waals surface area contributed by atoms with Crippen LogP contribution in [0.4, 0.5) is 0 Å². The molecule has 0 bridgehead atoms. The summed E-state index contributed by atoms with van der Waals surface area (Å²) in [6.07, 6.45) is 1.89. The van der Waals surface area contributed by atoms with Crippen LogP contribution in [0.3, 0.4) is 0 Å². The van der Waals surface area contributed by atoms with Crippen molar-refractivity contribution in [3.8, 4) is 0 Å². The Morgan fingerprint density at radius 2 is 2.14 bits per heavy atom. The van der Waals surface area contributed by atoms with Crippen molar-refractivity contribution in [1.29, 1.82) is 0 Å². The van der Waals surface area contributed by atoms with Crippen molar-refractivity contribution >= 4 is 23.8 Å². The molecule has 0 aliphatic rings.